The second-order valence-electron chi connectivity index (χ2n) is 5.32. The Morgan fingerprint density at radius 3 is 2.17 bits per heavy atom. The highest BCUT2D eigenvalue weighted by Gasteiger charge is 2.24. The van der Waals surface area contributed by atoms with E-state index in [0.717, 1.165) is 0 Å². The van der Waals surface area contributed by atoms with Crippen molar-refractivity contribution in [1.29, 1.82) is 0 Å². The highest BCUT2D eigenvalue weighted by Crippen LogP contribution is 2.11. The molecule has 132 valence electrons. The van der Waals surface area contributed by atoms with E-state index in [1.165, 1.54) is 57.1 Å². The third-order valence-electron chi connectivity index (χ3n) is 3.09. The zero-order chi connectivity index (χ0) is 18.5. The molecule has 0 saturated heterocycles. The van der Waals surface area contributed by atoms with Crippen LogP contribution in [0.15, 0.2) is 29.2 Å². The maximum absolute atomic E-state index is 12.2. The van der Waals surface area contributed by atoms with E-state index < -0.39 is 34.5 Å². The quantitative estimate of drug-likeness (QED) is 0.551. The number of ketones is 1. The van der Waals surface area contributed by atoms with Crippen LogP contribution in [0.1, 0.15) is 24.2 Å². The summed E-state index contributed by atoms with van der Waals surface area (Å²) in [6, 6.07) is 4.14. The first kappa shape index (κ1) is 19.8. The van der Waals surface area contributed by atoms with Gasteiger partial charge in [0.15, 0.2) is 12.4 Å². The number of amides is 1. The Kier molecular flexibility index (Phi) is 6.61. The van der Waals surface area contributed by atoms with E-state index in [1.807, 2.05) is 0 Å². The summed E-state index contributed by atoms with van der Waals surface area (Å²) in [5.41, 5.74) is 0.378. The first-order valence-corrected chi connectivity index (χ1v) is 8.53. The van der Waals surface area contributed by atoms with Crippen LogP contribution in [-0.4, -0.2) is 57.7 Å². The van der Waals surface area contributed by atoms with Crippen molar-refractivity contribution in [2.24, 2.45) is 0 Å². The highest BCUT2D eigenvalue weighted by atomic mass is 32.2. The van der Waals surface area contributed by atoms with Gasteiger partial charge in [-0.1, -0.05) is 12.1 Å². The summed E-state index contributed by atoms with van der Waals surface area (Å²) in [6.07, 6.45) is 0. The lowest BCUT2D eigenvalue weighted by Gasteiger charge is -2.15. The molecule has 0 aliphatic carbocycles. The number of nitrogens with one attached hydrogen (secondary N) is 1. The van der Waals surface area contributed by atoms with E-state index in [0.29, 0.717) is 5.56 Å². The number of benzene rings is 1. The number of sulfonamides is 1. The molecule has 0 aliphatic heterocycles. The lowest BCUT2D eigenvalue weighted by atomic mass is 10.2. The zero-order valence-corrected chi connectivity index (χ0v) is 14.7. The average molecular weight is 356 g/mol. The zero-order valence-electron chi connectivity index (χ0n) is 13.9. The molecule has 1 aromatic carbocycles. The van der Waals surface area contributed by atoms with Crippen LogP contribution in [0.25, 0.3) is 0 Å². The van der Waals surface area contributed by atoms with Gasteiger partial charge in [0.05, 0.1) is 4.90 Å². The number of hydrogen-bond donors (Lipinski definition) is 1. The predicted molar refractivity (Wildman–Crippen MR) is 85.9 cm³/mol. The fourth-order valence-electron chi connectivity index (χ4n) is 1.60. The average Bonchev–Trinajstić information content (AvgIpc) is 2.51. The summed E-state index contributed by atoms with van der Waals surface area (Å²) in [5, 5.41) is 0. The Morgan fingerprint density at radius 1 is 1.17 bits per heavy atom. The molecule has 1 aromatic rings. The second-order valence-corrected chi connectivity index (χ2v) is 7.03. The maximum atomic E-state index is 12.2. The Balaban J connectivity index is 2.73. The molecule has 0 aliphatic rings. The van der Waals surface area contributed by atoms with Crippen LogP contribution in [0.4, 0.5) is 0 Å². The summed E-state index contributed by atoms with van der Waals surface area (Å²) in [5.74, 6) is -1.47. The molecule has 0 saturated carbocycles. The number of esters is 1. The third-order valence-corrected chi connectivity index (χ3v) is 4.65. The third kappa shape index (κ3) is 5.43. The van der Waals surface area contributed by atoms with Crippen LogP contribution in [0.2, 0.25) is 0 Å². The van der Waals surface area contributed by atoms with E-state index in [1.54, 1.807) is 0 Å². The maximum Gasteiger partial charge on any atom is 0.324 e. The number of Topliss-reactive ketones (excluding diaryl/α,β-unsaturated/α-hetero) is 1. The fourth-order valence-corrected chi connectivity index (χ4v) is 2.80. The Bertz CT molecular complexity index is 725. The molecule has 1 amide bonds. The Hall–Kier alpha value is -2.26. The summed E-state index contributed by atoms with van der Waals surface area (Å²) in [7, 11) is -0.945. The largest absolute Gasteiger partial charge is 0.454 e. The first-order valence-electron chi connectivity index (χ1n) is 7.04. The van der Waals surface area contributed by atoms with Gasteiger partial charge in [0.25, 0.3) is 5.91 Å². The minimum Gasteiger partial charge on any atom is -0.454 e. The SMILES string of the molecule is CC(=O)c1ccc(S(=O)(=O)N[C@@H](C)C(=O)OCC(=O)N(C)C)cc1. The molecule has 8 nitrogen and oxygen atoms in total. The minimum absolute atomic E-state index is 0.0866. The van der Waals surface area contributed by atoms with E-state index in [9.17, 15) is 22.8 Å². The molecule has 1 N–H and O–H groups in total. The van der Waals surface area contributed by atoms with E-state index in [4.69, 9.17) is 4.74 Å². The smallest absolute Gasteiger partial charge is 0.324 e. The summed E-state index contributed by atoms with van der Waals surface area (Å²) in [4.78, 5) is 35.5. The second kappa shape index (κ2) is 8.02. The Labute approximate surface area is 140 Å². The molecular formula is C15H20N2O6S. The van der Waals surface area contributed by atoms with Crippen LogP contribution in [-0.2, 0) is 24.3 Å². The number of hydrogen-bond acceptors (Lipinski definition) is 6. The molecule has 1 atom stereocenters. The molecule has 0 spiro atoms. The molecule has 0 bridgehead atoms. The van der Waals surface area contributed by atoms with Crippen LogP contribution >= 0.6 is 0 Å². The first-order chi connectivity index (χ1) is 11.0. The van der Waals surface area contributed by atoms with Crippen molar-refractivity contribution in [3.05, 3.63) is 29.8 Å². The molecule has 0 unspecified atom stereocenters. The number of ether oxygens (including phenoxy) is 1. The van der Waals surface area contributed by atoms with Crippen molar-refractivity contribution < 1.29 is 27.5 Å². The van der Waals surface area contributed by atoms with Gasteiger partial charge < -0.3 is 9.64 Å². The van der Waals surface area contributed by atoms with Gasteiger partial charge in [0.2, 0.25) is 10.0 Å². The van der Waals surface area contributed by atoms with Crippen LogP contribution < -0.4 is 4.72 Å². The number of carbonyl (C=O) groups is 3. The van der Waals surface area contributed by atoms with Gasteiger partial charge in [-0.15, -0.1) is 0 Å². The fraction of sp³-hybridized carbons (Fsp3) is 0.400. The molecule has 24 heavy (non-hydrogen) atoms. The van der Waals surface area contributed by atoms with Gasteiger partial charge in [0.1, 0.15) is 6.04 Å². The van der Waals surface area contributed by atoms with Crippen molar-refractivity contribution in [2.75, 3.05) is 20.7 Å². The van der Waals surface area contributed by atoms with Crippen molar-refractivity contribution in [2.45, 2.75) is 24.8 Å². The summed E-state index contributed by atoms with van der Waals surface area (Å²) < 4.78 is 31.3. The van der Waals surface area contributed by atoms with Gasteiger partial charge in [-0.25, -0.2) is 8.42 Å². The van der Waals surface area contributed by atoms with Gasteiger partial charge >= 0.3 is 5.97 Å². The van der Waals surface area contributed by atoms with Crippen LogP contribution in [0.3, 0.4) is 0 Å². The molecular weight excluding hydrogens is 336 g/mol. The van der Waals surface area contributed by atoms with E-state index in [-0.39, 0.29) is 10.7 Å². The van der Waals surface area contributed by atoms with Gasteiger partial charge in [0, 0.05) is 19.7 Å². The molecule has 0 radical (unpaired) electrons. The topological polar surface area (TPSA) is 110 Å². The van der Waals surface area contributed by atoms with Crippen molar-refractivity contribution >= 4 is 27.7 Å². The van der Waals surface area contributed by atoms with Gasteiger partial charge in [-0.3, -0.25) is 14.4 Å². The molecule has 1 rings (SSSR count). The minimum atomic E-state index is -3.96. The molecule has 0 heterocycles. The summed E-state index contributed by atoms with van der Waals surface area (Å²) in [6.45, 7) is 2.21. The normalized spacial score (nSPS) is 12.3. The van der Waals surface area contributed by atoms with E-state index in [2.05, 4.69) is 4.72 Å². The van der Waals surface area contributed by atoms with Crippen molar-refractivity contribution in [3.63, 3.8) is 0 Å². The standard InChI is InChI=1S/C15H20N2O6S/c1-10(15(20)23-9-14(19)17(3)4)16-24(21,22)13-7-5-12(6-8-13)11(2)18/h5-8,10,16H,9H2,1-4H3/t10-/m0/s1. The van der Waals surface area contributed by atoms with Crippen LogP contribution in [0.5, 0.6) is 0 Å². The van der Waals surface area contributed by atoms with Crippen molar-refractivity contribution in [3.8, 4) is 0 Å². The van der Waals surface area contributed by atoms with Gasteiger partial charge in [-0.2, -0.15) is 4.72 Å². The molecule has 0 aromatic heterocycles. The molecule has 9 heteroatoms. The predicted octanol–water partition coefficient (Wildman–Crippen LogP) is 0.187. The lowest BCUT2D eigenvalue weighted by Crippen LogP contribution is -2.40. The Morgan fingerprint density at radius 2 is 1.71 bits per heavy atom. The van der Waals surface area contributed by atoms with E-state index >= 15 is 0 Å². The number of carbonyl (C=O) groups excluding carboxylic acids is 3. The van der Waals surface area contributed by atoms with Gasteiger partial charge in [-0.05, 0) is 26.0 Å². The lowest BCUT2D eigenvalue weighted by molar-refractivity contribution is -0.152. The monoisotopic (exact) mass is 356 g/mol. The number of likely N-dealkylation sites (N-methyl/N-ethyl adjacent to an activating group) is 1. The number of rotatable bonds is 7. The highest BCUT2D eigenvalue weighted by molar-refractivity contribution is 7.89. The van der Waals surface area contributed by atoms with Crippen molar-refractivity contribution in [1.82, 2.24) is 9.62 Å². The number of nitrogens with zero attached hydrogens (tertiary/aromatic N) is 1. The summed E-state index contributed by atoms with van der Waals surface area (Å²) >= 11 is 0. The molecule has 0 fully saturated rings. The van der Waals surface area contributed by atoms with Crippen LogP contribution in [0, 0.1) is 0 Å².